The lowest BCUT2D eigenvalue weighted by molar-refractivity contribution is -0.140. The molecule has 0 aliphatic heterocycles. The molecule has 0 radical (unpaired) electrons. The Morgan fingerprint density at radius 1 is 1.29 bits per heavy atom. The van der Waals surface area contributed by atoms with Crippen LogP contribution in [0.1, 0.15) is 29.5 Å². The lowest BCUT2D eigenvalue weighted by atomic mass is 10.1. The van der Waals surface area contributed by atoms with Crippen LogP contribution in [0.2, 0.25) is 0 Å². The molecule has 0 aromatic heterocycles. The molecule has 0 amide bonds. The number of carbonyl (C=O) groups is 1. The van der Waals surface area contributed by atoms with Crippen LogP contribution in [0.5, 0.6) is 0 Å². The van der Waals surface area contributed by atoms with Crippen molar-refractivity contribution in [1.82, 2.24) is 4.31 Å². The van der Waals surface area contributed by atoms with Gasteiger partial charge in [0, 0.05) is 20.0 Å². The highest BCUT2D eigenvalue weighted by molar-refractivity contribution is 7.89. The highest BCUT2D eigenvalue weighted by atomic mass is 32.2. The maximum Gasteiger partial charge on any atom is 0.305 e. The first-order valence-electron chi connectivity index (χ1n) is 6.83. The molecule has 0 fully saturated rings. The fourth-order valence-corrected chi connectivity index (χ4v) is 3.17. The third kappa shape index (κ3) is 5.47. The topological polar surface area (TPSA) is 63.7 Å². The van der Waals surface area contributed by atoms with E-state index >= 15 is 0 Å². The zero-order valence-electron chi connectivity index (χ0n) is 13.0. The summed E-state index contributed by atoms with van der Waals surface area (Å²) in [5.41, 5.74) is 3.21. The van der Waals surface area contributed by atoms with Crippen LogP contribution in [0.3, 0.4) is 0 Å². The Balaban J connectivity index is 2.64. The van der Waals surface area contributed by atoms with Gasteiger partial charge in [-0.25, -0.2) is 12.7 Å². The van der Waals surface area contributed by atoms with Gasteiger partial charge in [-0.2, -0.15) is 0 Å². The van der Waals surface area contributed by atoms with Crippen molar-refractivity contribution >= 4 is 16.0 Å². The van der Waals surface area contributed by atoms with Crippen molar-refractivity contribution in [3.8, 4) is 0 Å². The molecule has 0 saturated heterocycles. The summed E-state index contributed by atoms with van der Waals surface area (Å²) >= 11 is 0. The number of aryl methyl sites for hydroxylation is 2. The standard InChI is InChI=1S/C15H23NO4S/c1-12-7-8-14(13(2)10-12)11-16(3)21(18,19)9-5-6-15(17)20-4/h7-8,10H,5-6,9,11H2,1-4H3. The van der Waals surface area contributed by atoms with E-state index in [1.54, 1.807) is 7.05 Å². The molecule has 1 rings (SSSR count). The van der Waals surface area contributed by atoms with Gasteiger partial charge in [0.05, 0.1) is 12.9 Å². The molecule has 6 heteroatoms. The second-order valence-corrected chi connectivity index (χ2v) is 7.38. The molecular formula is C15H23NO4S. The molecule has 0 spiro atoms. The molecule has 5 nitrogen and oxygen atoms in total. The number of sulfonamides is 1. The third-order valence-corrected chi connectivity index (χ3v) is 5.26. The molecule has 1 aromatic carbocycles. The number of rotatable bonds is 7. The fraction of sp³-hybridized carbons (Fsp3) is 0.533. The van der Waals surface area contributed by atoms with E-state index < -0.39 is 10.0 Å². The van der Waals surface area contributed by atoms with Crippen molar-refractivity contribution in [2.75, 3.05) is 19.9 Å². The molecule has 118 valence electrons. The van der Waals surface area contributed by atoms with Crippen LogP contribution in [-0.4, -0.2) is 38.6 Å². The van der Waals surface area contributed by atoms with E-state index in [1.165, 1.54) is 11.4 Å². The number of esters is 1. The van der Waals surface area contributed by atoms with Crippen LogP contribution in [0.4, 0.5) is 0 Å². The number of carbonyl (C=O) groups excluding carboxylic acids is 1. The zero-order chi connectivity index (χ0) is 16.0. The number of hydrogen-bond donors (Lipinski definition) is 0. The number of hydrogen-bond acceptors (Lipinski definition) is 4. The number of methoxy groups -OCH3 is 1. The average molecular weight is 313 g/mol. The Morgan fingerprint density at radius 2 is 1.95 bits per heavy atom. The highest BCUT2D eigenvalue weighted by Crippen LogP contribution is 2.15. The summed E-state index contributed by atoms with van der Waals surface area (Å²) in [6, 6.07) is 5.96. The summed E-state index contributed by atoms with van der Waals surface area (Å²) in [7, 11) is -0.507. The van der Waals surface area contributed by atoms with Gasteiger partial charge in [-0.1, -0.05) is 23.8 Å². The van der Waals surface area contributed by atoms with Crippen molar-refractivity contribution in [3.05, 3.63) is 34.9 Å². The van der Waals surface area contributed by atoms with Crippen LogP contribution in [0.25, 0.3) is 0 Å². The van der Waals surface area contributed by atoms with Crippen molar-refractivity contribution in [2.45, 2.75) is 33.2 Å². The monoisotopic (exact) mass is 313 g/mol. The Morgan fingerprint density at radius 3 is 2.52 bits per heavy atom. The highest BCUT2D eigenvalue weighted by Gasteiger charge is 2.19. The first kappa shape index (κ1) is 17.7. The van der Waals surface area contributed by atoms with Gasteiger partial charge < -0.3 is 4.74 Å². The van der Waals surface area contributed by atoms with Gasteiger partial charge in [0.25, 0.3) is 0 Å². The Labute approximate surface area is 127 Å². The summed E-state index contributed by atoms with van der Waals surface area (Å²) in [5, 5.41) is 0. The third-order valence-electron chi connectivity index (χ3n) is 3.38. The minimum absolute atomic E-state index is 0.0521. The molecular weight excluding hydrogens is 290 g/mol. The molecule has 0 unspecified atom stereocenters. The van der Waals surface area contributed by atoms with E-state index in [1.807, 2.05) is 32.0 Å². The largest absolute Gasteiger partial charge is 0.469 e. The summed E-state index contributed by atoms with van der Waals surface area (Å²) in [6.07, 6.45) is 0.388. The van der Waals surface area contributed by atoms with E-state index in [9.17, 15) is 13.2 Å². The molecule has 0 atom stereocenters. The van der Waals surface area contributed by atoms with E-state index in [0.29, 0.717) is 6.54 Å². The summed E-state index contributed by atoms with van der Waals surface area (Å²) < 4.78 is 30.1. The quantitative estimate of drug-likeness (QED) is 0.722. The fourth-order valence-electron chi connectivity index (χ4n) is 2.02. The van der Waals surface area contributed by atoms with Crippen molar-refractivity contribution in [1.29, 1.82) is 0 Å². The van der Waals surface area contributed by atoms with Crippen LogP contribution in [0.15, 0.2) is 18.2 Å². The van der Waals surface area contributed by atoms with E-state index in [0.717, 1.165) is 16.7 Å². The Hall–Kier alpha value is -1.40. The smallest absolute Gasteiger partial charge is 0.305 e. The van der Waals surface area contributed by atoms with Gasteiger partial charge in [-0.05, 0) is 31.4 Å². The maximum atomic E-state index is 12.2. The van der Waals surface area contributed by atoms with Gasteiger partial charge >= 0.3 is 5.97 Å². The minimum atomic E-state index is -3.36. The van der Waals surface area contributed by atoms with Gasteiger partial charge in [-0.15, -0.1) is 0 Å². The molecule has 0 heterocycles. The summed E-state index contributed by atoms with van der Waals surface area (Å²) in [4.78, 5) is 11.0. The first-order valence-corrected chi connectivity index (χ1v) is 8.44. The van der Waals surface area contributed by atoms with Gasteiger partial charge in [0.2, 0.25) is 10.0 Å². The second kappa shape index (κ2) is 7.56. The van der Waals surface area contributed by atoms with Crippen LogP contribution < -0.4 is 0 Å². The van der Waals surface area contributed by atoms with Crippen LogP contribution in [0, 0.1) is 13.8 Å². The summed E-state index contributed by atoms with van der Waals surface area (Å²) in [5.74, 6) is -0.439. The first-order chi connectivity index (χ1) is 9.76. The zero-order valence-corrected chi connectivity index (χ0v) is 13.9. The predicted molar refractivity (Wildman–Crippen MR) is 82.4 cm³/mol. The number of ether oxygens (including phenoxy) is 1. The van der Waals surface area contributed by atoms with Gasteiger partial charge in [0.15, 0.2) is 0 Å². The van der Waals surface area contributed by atoms with Crippen molar-refractivity contribution in [3.63, 3.8) is 0 Å². The number of nitrogens with zero attached hydrogens (tertiary/aromatic N) is 1. The number of benzene rings is 1. The lowest BCUT2D eigenvalue weighted by Gasteiger charge is -2.18. The predicted octanol–water partition coefficient (Wildman–Crippen LogP) is 2.02. The SMILES string of the molecule is COC(=O)CCCS(=O)(=O)N(C)Cc1ccc(C)cc1C. The minimum Gasteiger partial charge on any atom is -0.469 e. The average Bonchev–Trinajstić information content (AvgIpc) is 2.41. The molecule has 1 aromatic rings. The summed E-state index contributed by atoms with van der Waals surface area (Å²) in [6.45, 7) is 4.32. The van der Waals surface area contributed by atoms with Crippen molar-refractivity contribution in [2.24, 2.45) is 0 Å². The lowest BCUT2D eigenvalue weighted by Crippen LogP contribution is -2.29. The van der Waals surface area contributed by atoms with E-state index in [2.05, 4.69) is 4.74 Å². The maximum absolute atomic E-state index is 12.2. The van der Waals surface area contributed by atoms with Crippen LogP contribution >= 0.6 is 0 Å². The molecule has 0 N–H and O–H groups in total. The van der Waals surface area contributed by atoms with E-state index in [4.69, 9.17) is 0 Å². The van der Waals surface area contributed by atoms with Crippen molar-refractivity contribution < 1.29 is 17.9 Å². The molecule has 0 aliphatic carbocycles. The van der Waals surface area contributed by atoms with Gasteiger partial charge in [-0.3, -0.25) is 4.79 Å². The molecule has 0 saturated carbocycles. The Kier molecular flexibility index (Phi) is 6.36. The van der Waals surface area contributed by atoms with Crippen LogP contribution in [-0.2, 0) is 26.1 Å². The van der Waals surface area contributed by atoms with E-state index in [-0.39, 0.29) is 24.6 Å². The molecule has 0 aliphatic rings. The molecule has 21 heavy (non-hydrogen) atoms. The van der Waals surface area contributed by atoms with Gasteiger partial charge in [0.1, 0.15) is 0 Å². The second-order valence-electron chi connectivity index (χ2n) is 5.18. The molecule has 0 bridgehead atoms. The normalized spacial score (nSPS) is 11.7. The Bertz CT molecular complexity index is 596.